The van der Waals surface area contributed by atoms with Crippen LogP contribution in [-0.2, 0) is 0 Å². The van der Waals surface area contributed by atoms with Gasteiger partial charge in [-0.05, 0) is 39.9 Å². The van der Waals surface area contributed by atoms with E-state index in [0.29, 0.717) is 4.75 Å². The second-order valence-electron chi connectivity index (χ2n) is 2.55. The van der Waals surface area contributed by atoms with E-state index in [-0.39, 0.29) is 0 Å². The Labute approximate surface area is 71.9 Å². The van der Waals surface area contributed by atoms with Gasteiger partial charge >= 0.3 is 0 Å². The maximum atomic E-state index is 2.32. The predicted octanol–water partition coefficient (Wildman–Crippen LogP) is 3.85. The Hall–Kier alpha value is 1.40. The highest BCUT2D eigenvalue weighted by molar-refractivity contribution is 9.26. The van der Waals surface area contributed by atoms with Gasteiger partial charge in [0.05, 0.1) is 0 Å². The van der Waals surface area contributed by atoms with Gasteiger partial charge < -0.3 is 0 Å². The fraction of sp³-hybridized carbons (Fsp3) is 1.00. The molecule has 0 amide bonds. The monoisotopic (exact) mass is 198 g/mol. The third-order valence-corrected chi connectivity index (χ3v) is 8.36. The molecule has 1 aliphatic heterocycles. The molecule has 0 aromatic carbocycles. The van der Waals surface area contributed by atoms with E-state index in [0.717, 1.165) is 0 Å². The first-order valence-corrected chi connectivity index (χ1v) is 7.83. The zero-order valence-electron chi connectivity index (χ0n) is 5.55. The molecule has 0 aliphatic carbocycles. The van der Waals surface area contributed by atoms with E-state index >= 15 is 0 Å². The smallest absolute Gasteiger partial charge is 0.0224 e. The molecular weight excluding hydrogens is 188 g/mol. The number of hydrogen-bond acceptors (Lipinski definition) is 4. The molecule has 0 spiro atoms. The van der Waals surface area contributed by atoms with Crippen molar-refractivity contribution in [1.29, 1.82) is 0 Å². The van der Waals surface area contributed by atoms with E-state index in [1.54, 1.807) is 0 Å². The molecule has 0 unspecified atom stereocenters. The summed E-state index contributed by atoms with van der Waals surface area (Å²) in [4.78, 5) is 0. The Bertz CT molecular complexity index is 81.0. The normalized spacial score (nSPS) is 27.3. The molecule has 1 rings (SSSR count). The van der Waals surface area contributed by atoms with E-state index in [9.17, 15) is 0 Å². The van der Waals surface area contributed by atoms with Crippen LogP contribution < -0.4 is 0 Å². The van der Waals surface area contributed by atoms with Gasteiger partial charge in [0.2, 0.25) is 0 Å². The quantitative estimate of drug-likeness (QED) is 0.542. The molecule has 0 atom stereocenters. The molecule has 0 aromatic rings. The Morgan fingerprint density at radius 3 is 2.78 bits per heavy atom. The van der Waals surface area contributed by atoms with Gasteiger partial charge in [0, 0.05) is 10.5 Å². The lowest BCUT2D eigenvalue weighted by atomic mass is 10.1. The van der Waals surface area contributed by atoms with Gasteiger partial charge in [0.25, 0.3) is 0 Å². The molecule has 1 heterocycles. The molecule has 54 valence electrons. The fourth-order valence-electron chi connectivity index (χ4n) is 0.489. The van der Waals surface area contributed by atoms with Crippen LogP contribution in [0.5, 0.6) is 0 Å². The van der Waals surface area contributed by atoms with Crippen molar-refractivity contribution in [2.75, 3.05) is 5.75 Å². The molecule has 0 saturated carbocycles. The van der Waals surface area contributed by atoms with Gasteiger partial charge in [0.1, 0.15) is 0 Å². The summed E-state index contributed by atoms with van der Waals surface area (Å²) in [5.41, 5.74) is 0. The first-order chi connectivity index (χ1) is 4.21. The molecule has 4 heteroatoms. The summed E-state index contributed by atoms with van der Waals surface area (Å²) in [6, 6.07) is 0. The average molecular weight is 198 g/mol. The summed E-state index contributed by atoms with van der Waals surface area (Å²) in [5, 5.41) is 0. The van der Waals surface area contributed by atoms with Crippen LogP contribution in [0.4, 0.5) is 0 Å². The van der Waals surface area contributed by atoms with Crippen molar-refractivity contribution in [2.45, 2.75) is 25.0 Å². The first-order valence-electron chi connectivity index (χ1n) is 2.85. The maximum Gasteiger partial charge on any atom is 0.0224 e. The van der Waals surface area contributed by atoms with Crippen molar-refractivity contribution >= 4 is 41.2 Å². The lowest BCUT2D eigenvalue weighted by Crippen LogP contribution is -2.12. The summed E-state index contributed by atoms with van der Waals surface area (Å²) < 4.78 is 0.501. The fourth-order valence-corrected chi connectivity index (χ4v) is 7.86. The highest BCUT2D eigenvalue weighted by Crippen LogP contribution is 2.53. The van der Waals surface area contributed by atoms with E-state index in [1.807, 2.05) is 41.2 Å². The minimum Gasteiger partial charge on any atom is -0.0817 e. The molecule has 0 N–H and O–H groups in total. The molecule has 0 nitrogen and oxygen atoms in total. The molecule has 1 saturated heterocycles. The van der Waals surface area contributed by atoms with Crippen molar-refractivity contribution in [3.8, 4) is 0 Å². The van der Waals surface area contributed by atoms with Crippen molar-refractivity contribution in [2.24, 2.45) is 0 Å². The van der Waals surface area contributed by atoms with E-state index < -0.39 is 0 Å². The van der Waals surface area contributed by atoms with Crippen molar-refractivity contribution in [1.82, 2.24) is 0 Å². The second kappa shape index (κ2) is 3.69. The largest absolute Gasteiger partial charge is 0.0817 e. The molecule has 1 fully saturated rings. The minimum absolute atomic E-state index is 0.501. The zero-order valence-corrected chi connectivity index (χ0v) is 8.81. The van der Waals surface area contributed by atoms with Gasteiger partial charge in [-0.25, -0.2) is 0 Å². The van der Waals surface area contributed by atoms with Crippen LogP contribution in [0.1, 0.15) is 20.3 Å². The average Bonchev–Trinajstić information content (AvgIpc) is 1.92. The summed E-state index contributed by atoms with van der Waals surface area (Å²) in [6.07, 6.45) is 1.34. The summed E-state index contributed by atoms with van der Waals surface area (Å²) in [7, 11) is 7.81. The van der Waals surface area contributed by atoms with Gasteiger partial charge in [0.15, 0.2) is 0 Å². The molecule has 0 bridgehead atoms. The van der Waals surface area contributed by atoms with E-state index in [4.69, 9.17) is 0 Å². The topological polar surface area (TPSA) is 0 Å². The Balaban J connectivity index is 2.36. The van der Waals surface area contributed by atoms with Gasteiger partial charge in [-0.2, -0.15) is 0 Å². The second-order valence-corrected chi connectivity index (χ2v) is 9.21. The van der Waals surface area contributed by atoms with Crippen LogP contribution in [0.3, 0.4) is 0 Å². The minimum atomic E-state index is 0.501. The Morgan fingerprint density at radius 1 is 1.22 bits per heavy atom. The highest BCUT2D eigenvalue weighted by Gasteiger charge is 2.21. The summed E-state index contributed by atoms with van der Waals surface area (Å²) in [6.45, 7) is 4.63. The van der Waals surface area contributed by atoms with Gasteiger partial charge in [-0.3, -0.25) is 0 Å². The van der Waals surface area contributed by atoms with Crippen LogP contribution in [0.2, 0.25) is 0 Å². The standard InChI is InChI=1S/C5H10S4/c1-5(2)3-4-6-8-9-7-5/h3-4H2,1-2H3. The maximum absolute atomic E-state index is 2.32. The highest BCUT2D eigenvalue weighted by atomic mass is 33.7. The van der Waals surface area contributed by atoms with Crippen LogP contribution in [0, 0.1) is 0 Å². The Kier molecular flexibility index (Phi) is 3.49. The van der Waals surface area contributed by atoms with Crippen molar-refractivity contribution in [3.63, 3.8) is 0 Å². The predicted molar refractivity (Wildman–Crippen MR) is 53.9 cm³/mol. The van der Waals surface area contributed by atoms with Gasteiger partial charge in [-0.1, -0.05) is 21.6 Å². The number of hydrogen-bond donors (Lipinski definition) is 0. The van der Waals surface area contributed by atoms with Crippen LogP contribution >= 0.6 is 41.2 Å². The zero-order chi connectivity index (χ0) is 6.74. The number of rotatable bonds is 0. The van der Waals surface area contributed by atoms with Crippen molar-refractivity contribution in [3.05, 3.63) is 0 Å². The van der Waals surface area contributed by atoms with E-state index in [2.05, 4.69) is 13.8 Å². The third kappa shape index (κ3) is 3.35. The molecule has 0 radical (unpaired) electrons. The van der Waals surface area contributed by atoms with Gasteiger partial charge in [-0.15, -0.1) is 0 Å². The van der Waals surface area contributed by atoms with Crippen LogP contribution in [0.15, 0.2) is 0 Å². The summed E-state index contributed by atoms with van der Waals surface area (Å²) in [5.74, 6) is 1.30. The SMILES string of the molecule is CC1(C)CCSSSS1. The van der Waals surface area contributed by atoms with Crippen LogP contribution in [0.25, 0.3) is 0 Å². The molecular formula is C5H10S4. The third-order valence-electron chi connectivity index (χ3n) is 1.12. The molecule has 1 aliphatic rings. The van der Waals surface area contributed by atoms with Crippen molar-refractivity contribution < 1.29 is 0 Å². The first kappa shape index (κ1) is 8.50. The molecule has 0 aromatic heterocycles. The Morgan fingerprint density at radius 2 is 2.00 bits per heavy atom. The van der Waals surface area contributed by atoms with E-state index in [1.165, 1.54) is 12.2 Å². The summed E-state index contributed by atoms with van der Waals surface area (Å²) >= 11 is 0. The molecule has 9 heavy (non-hydrogen) atoms. The lowest BCUT2D eigenvalue weighted by Gasteiger charge is -2.18. The lowest BCUT2D eigenvalue weighted by molar-refractivity contribution is 0.698. The van der Waals surface area contributed by atoms with Crippen LogP contribution in [-0.4, -0.2) is 10.5 Å².